The van der Waals surface area contributed by atoms with Crippen LogP contribution >= 0.6 is 0 Å². The molecule has 0 spiro atoms. The van der Waals surface area contributed by atoms with Crippen molar-refractivity contribution in [2.24, 2.45) is 5.92 Å². The van der Waals surface area contributed by atoms with Gasteiger partial charge in [0.1, 0.15) is 0 Å². The fraction of sp³-hybridized carbons (Fsp3) is 0.438. The average Bonchev–Trinajstić information content (AvgIpc) is 2.90. The minimum Gasteiger partial charge on any atom is -0.350 e. The highest BCUT2D eigenvalue weighted by molar-refractivity contribution is 5.77. The summed E-state index contributed by atoms with van der Waals surface area (Å²) in [6, 6.07) is 4.63. The summed E-state index contributed by atoms with van der Waals surface area (Å²) in [6.45, 7) is 1.69. The molecule has 0 bridgehead atoms. The van der Waals surface area contributed by atoms with Gasteiger partial charge in [-0.2, -0.15) is 13.2 Å². The molecule has 2 nitrogen and oxygen atoms in total. The van der Waals surface area contributed by atoms with Crippen molar-refractivity contribution >= 4 is 5.91 Å². The van der Waals surface area contributed by atoms with E-state index >= 15 is 0 Å². The van der Waals surface area contributed by atoms with Crippen molar-refractivity contribution in [3.8, 4) is 0 Å². The normalized spacial score (nSPS) is 19.5. The van der Waals surface area contributed by atoms with Crippen molar-refractivity contribution in [2.45, 2.75) is 38.4 Å². The molecule has 1 N–H and O–H groups in total. The van der Waals surface area contributed by atoms with Crippen LogP contribution in [0.2, 0.25) is 0 Å². The first kappa shape index (κ1) is 15.6. The summed E-state index contributed by atoms with van der Waals surface area (Å²) in [5.74, 6) is 0.121. The summed E-state index contributed by atoms with van der Waals surface area (Å²) in [5, 5.41) is 2.76. The SMILES string of the molecule is C[C@@H](NC(=O)C[C@@H]1C=CCC1)c1cccc(C(F)(F)F)c1. The molecule has 2 atom stereocenters. The Hall–Kier alpha value is -1.78. The lowest BCUT2D eigenvalue weighted by atomic mass is 10.0. The molecule has 0 heterocycles. The first-order chi connectivity index (χ1) is 9.86. The molecule has 1 amide bonds. The van der Waals surface area contributed by atoms with Crippen LogP contribution < -0.4 is 5.32 Å². The van der Waals surface area contributed by atoms with Gasteiger partial charge in [0, 0.05) is 6.42 Å². The van der Waals surface area contributed by atoms with Gasteiger partial charge in [-0.25, -0.2) is 0 Å². The maximum absolute atomic E-state index is 12.7. The number of carbonyl (C=O) groups excluding carboxylic acids is 1. The number of rotatable bonds is 4. The number of hydrogen-bond acceptors (Lipinski definition) is 1. The highest BCUT2D eigenvalue weighted by Gasteiger charge is 2.30. The molecule has 5 heteroatoms. The lowest BCUT2D eigenvalue weighted by molar-refractivity contribution is -0.137. The number of alkyl halides is 3. The molecule has 21 heavy (non-hydrogen) atoms. The molecule has 114 valence electrons. The molecular formula is C16H18F3NO. The molecule has 0 aromatic heterocycles. The summed E-state index contributed by atoms with van der Waals surface area (Å²) in [5.41, 5.74) is -0.236. The molecule has 2 rings (SSSR count). The molecule has 1 aromatic carbocycles. The minimum atomic E-state index is -4.37. The molecule has 1 aromatic rings. The number of carbonyl (C=O) groups is 1. The average molecular weight is 297 g/mol. The van der Waals surface area contributed by atoms with Crippen LogP contribution in [0.3, 0.4) is 0 Å². The third-order valence-electron chi connectivity index (χ3n) is 3.65. The Kier molecular flexibility index (Phi) is 4.70. The second-order valence-corrected chi connectivity index (χ2v) is 5.38. The molecule has 0 aliphatic heterocycles. The Morgan fingerprint density at radius 2 is 2.19 bits per heavy atom. The fourth-order valence-corrected chi connectivity index (χ4v) is 2.47. The zero-order chi connectivity index (χ0) is 15.5. The molecule has 1 aliphatic carbocycles. The Balaban J connectivity index is 1.97. The second-order valence-electron chi connectivity index (χ2n) is 5.38. The topological polar surface area (TPSA) is 29.1 Å². The highest BCUT2D eigenvalue weighted by atomic mass is 19.4. The number of hydrogen-bond donors (Lipinski definition) is 1. The van der Waals surface area contributed by atoms with Crippen molar-refractivity contribution in [3.05, 3.63) is 47.5 Å². The van der Waals surface area contributed by atoms with Gasteiger partial charge in [0.15, 0.2) is 0 Å². The third-order valence-corrected chi connectivity index (χ3v) is 3.65. The van der Waals surface area contributed by atoms with Crippen LogP contribution in [0.5, 0.6) is 0 Å². The number of allylic oxidation sites excluding steroid dienone is 2. The zero-order valence-corrected chi connectivity index (χ0v) is 11.8. The van der Waals surface area contributed by atoms with Crippen LogP contribution in [-0.2, 0) is 11.0 Å². The lowest BCUT2D eigenvalue weighted by Gasteiger charge is -2.17. The van der Waals surface area contributed by atoms with E-state index in [1.807, 2.05) is 12.2 Å². The van der Waals surface area contributed by atoms with Crippen molar-refractivity contribution in [3.63, 3.8) is 0 Å². The predicted octanol–water partition coefficient (Wildman–Crippen LogP) is 4.24. The first-order valence-corrected chi connectivity index (χ1v) is 6.99. The van der Waals surface area contributed by atoms with Gasteiger partial charge < -0.3 is 5.32 Å². The summed E-state index contributed by atoms with van der Waals surface area (Å²) in [4.78, 5) is 11.9. The summed E-state index contributed by atoms with van der Waals surface area (Å²) >= 11 is 0. The molecular weight excluding hydrogens is 279 g/mol. The van der Waals surface area contributed by atoms with Crippen LogP contribution in [0.1, 0.15) is 43.4 Å². The number of amides is 1. The van der Waals surface area contributed by atoms with E-state index in [9.17, 15) is 18.0 Å². The van der Waals surface area contributed by atoms with Crippen LogP contribution in [0.25, 0.3) is 0 Å². The molecule has 0 saturated carbocycles. The first-order valence-electron chi connectivity index (χ1n) is 6.99. The lowest BCUT2D eigenvalue weighted by Crippen LogP contribution is -2.28. The third kappa shape index (κ3) is 4.34. The van der Waals surface area contributed by atoms with Crippen molar-refractivity contribution in [2.75, 3.05) is 0 Å². The van der Waals surface area contributed by atoms with E-state index in [0.717, 1.165) is 25.0 Å². The molecule has 0 saturated heterocycles. The van der Waals surface area contributed by atoms with Gasteiger partial charge in [0.2, 0.25) is 5.91 Å². The Morgan fingerprint density at radius 1 is 1.43 bits per heavy atom. The Bertz CT molecular complexity index is 537. The van der Waals surface area contributed by atoms with Crippen molar-refractivity contribution in [1.82, 2.24) is 5.32 Å². The zero-order valence-electron chi connectivity index (χ0n) is 11.8. The largest absolute Gasteiger partial charge is 0.416 e. The molecule has 0 radical (unpaired) electrons. The monoisotopic (exact) mass is 297 g/mol. The van der Waals surface area contributed by atoms with E-state index in [1.54, 1.807) is 13.0 Å². The smallest absolute Gasteiger partial charge is 0.350 e. The summed E-state index contributed by atoms with van der Waals surface area (Å²) in [6.07, 6.45) is 2.05. The van der Waals surface area contributed by atoms with Gasteiger partial charge in [-0.1, -0.05) is 24.3 Å². The maximum Gasteiger partial charge on any atom is 0.416 e. The Labute approximate surface area is 122 Å². The van der Waals surface area contributed by atoms with Gasteiger partial charge in [-0.05, 0) is 43.4 Å². The van der Waals surface area contributed by atoms with Crippen LogP contribution in [0, 0.1) is 5.92 Å². The molecule has 1 aliphatic rings. The minimum absolute atomic E-state index is 0.128. The van der Waals surface area contributed by atoms with E-state index < -0.39 is 17.8 Å². The molecule has 0 unspecified atom stereocenters. The van der Waals surface area contributed by atoms with E-state index in [2.05, 4.69) is 5.32 Å². The molecule has 0 fully saturated rings. The van der Waals surface area contributed by atoms with Gasteiger partial charge in [-0.3, -0.25) is 4.79 Å². The van der Waals surface area contributed by atoms with E-state index in [4.69, 9.17) is 0 Å². The van der Waals surface area contributed by atoms with Gasteiger partial charge >= 0.3 is 6.18 Å². The van der Waals surface area contributed by atoms with Crippen LogP contribution in [-0.4, -0.2) is 5.91 Å². The fourth-order valence-electron chi connectivity index (χ4n) is 2.47. The van der Waals surface area contributed by atoms with Crippen LogP contribution in [0.15, 0.2) is 36.4 Å². The van der Waals surface area contributed by atoms with Gasteiger partial charge in [0.05, 0.1) is 11.6 Å². The number of nitrogens with one attached hydrogen (secondary N) is 1. The standard InChI is InChI=1S/C16H18F3NO/c1-11(20-15(21)9-12-5-2-3-6-12)13-7-4-8-14(10-13)16(17,18)19/h2,4-5,7-8,10-12H,3,6,9H2,1H3,(H,20,21)/t11-,12-/m1/s1. The predicted molar refractivity (Wildman–Crippen MR) is 74.5 cm³/mol. The number of benzene rings is 1. The summed E-state index contributed by atoms with van der Waals surface area (Å²) in [7, 11) is 0. The quantitative estimate of drug-likeness (QED) is 0.828. The van der Waals surface area contributed by atoms with Crippen LogP contribution in [0.4, 0.5) is 13.2 Å². The van der Waals surface area contributed by atoms with Gasteiger partial charge in [0.25, 0.3) is 0 Å². The maximum atomic E-state index is 12.7. The highest BCUT2D eigenvalue weighted by Crippen LogP contribution is 2.30. The van der Waals surface area contributed by atoms with E-state index in [-0.39, 0.29) is 11.8 Å². The van der Waals surface area contributed by atoms with E-state index in [1.165, 1.54) is 6.07 Å². The van der Waals surface area contributed by atoms with Gasteiger partial charge in [-0.15, -0.1) is 0 Å². The van der Waals surface area contributed by atoms with E-state index in [0.29, 0.717) is 12.0 Å². The second kappa shape index (κ2) is 6.33. The van der Waals surface area contributed by atoms with Crippen molar-refractivity contribution < 1.29 is 18.0 Å². The Morgan fingerprint density at radius 3 is 2.81 bits per heavy atom. The summed E-state index contributed by atoms with van der Waals surface area (Å²) < 4.78 is 38.0. The number of halogens is 3. The van der Waals surface area contributed by atoms with Crippen molar-refractivity contribution in [1.29, 1.82) is 0 Å².